The van der Waals surface area contributed by atoms with Crippen LogP contribution in [0, 0.1) is 0 Å². The molecule has 7 nitrogen and oxygen atoms in total. The van der Waals surface area contributed by atoms with Crippen LogP contribution in [0.1, 0.15) is 37.0 Å². The summed E-state index contributed by atoms with van der Waals surface area (Å²) < 4.78 is 25.9. The van der Waals surface area contributed by atoms with Gasteiger partial charge in [0.1, 0.15) is 0 Å². The van der Waals surface area contributed by atoms with Crippen molar-refractivity contribution in [2.45, 2.75) is 41.7 Å². The van der Waals surface area contributed by atoms with Crippen molar-refractivity contribution in [2.24, 2.45) is 0 Å². The number of amides is 2. The molecule has 1 heterocycles. The second-order valence-electron chi connectivity index (χ2n) is 7.05. The van der Waals surface area contributed by atoms with Gasteiger partial charge in [-0.2, -0.15) is 0 Å². The maximum absolute atomic E-state index is 13.0. The molecule has 1 unspecified atom stereocenters. The fourth-order valence-electron chi connectivity index (χ4n) is 2.98. The number of carbonyl (C=O) groups excluding carboxylic acids is 3. The number of Topliss-reactive ketones (excluding diaryl/α,β-unsaturated/α-hetero) is 1. The second kappa shape index (κ2) is 9.01. The number of anilines is 2. The molecule has 0 radical (unpaired) electrons. The summed E-state index contributed by atoms with van der Waals surface area (Å²) >= 11 is 1.49. The first-order chi connectivity index (χ1) is 14.2. The Kier molecular flexibility index (Phi) is 6.62. The summed E-state index contributed by atoms with van der Waals surface area (Å²) in [6, 6.07) is 11.0. The van der Waals surface area contributed by atoms with Crippen molar-refractivity contribution in [1.82, 2.24) is 0 Å². The molecule has 0 saturated heterocycles. The van der Waals surface area contributed by atoms with Crippen molar-refractivity contribution < 1.29 is 22.8 Å². The molecule has 2 N–H and O–H groups in total. The molecule has 0 saturated carbocycles. The molecule has 9 heteroatoms. The molecule has 0 fully saturated rings. The molecule has 2 amide bonds. The normalized spacial score (nSPS) is 14.8. The van der Waals surface area contributed by atoms with Gasteiger partial charge in [-0.05, 0) is 56.3 Å². The molecule has 3 rings (SSSR count). The Bertz CT molecular complexity index is 1090. The lowest BCUT2D eigenvalue weighted by molar-refractivity contribution is -0.116. The SMILES string of the molecule is CC(=O)c1ccc(NC(=O)CC(C)S(=O)(=O)c2ccc3c(c2)NC(=O)CCS3)cc1. The van der Waals surface area contributed by atoms with Gasteiger partial charge in [0.15, 0.2) is 15.6 Å². The summed E-state index contributed by atoms with van der Waals surface area (Å²) in [7, 11) is -3.77. The Morgan fingerprint density at radius 3 is 2.53 bits per heavy atom. The van der Waals surface area contributed by atoms with Crippen LogP contribution < -0.4 is 10.6 Å². The highest BCUT2D eigenvalue weighted by Gasteiger charge is 2.27. The van der Waals surface area contributed by atoms with E-state index in [1.807, 2.05) is 0 Å². The molecule has 30 heavy (non-hydrogen) atoms. The van der Waals surface area contributed by atoms with Gasteiger partial charge in [-0.15, -0.1) is 11.8 Å². The van der Waals surface area contributed by atoms with Gasteiger partial charge in [-0.3, -0.25) is 14.4 Å². The number of rotatable bonds is 6. The number of carbonyl (C=O) groups is 3. The minimum Gasteiger partial charge on any atom is -0.326 e. The van der Waals surface area contributed by atoms with Crippen molar-refractivity contribution >= 4 is 50.6 Å². The van der Waals surface area contributed by atoms with E-state index in [-0.39, 0.29) is 23.0 Å². The first kappa shape index (κ1) is 22.0. The minimum atomic E-state index is -3.77. The van der Waals surface area contributed by atoms with Crippen molar-refractivity contribution in [3.8, 4) is 0 Å². The van der Waals surface area contributed by atoms with E-state index >= 15 is 0 Å². The van der Waals surface area contributed by atoms with Crippen LogP contribution in [0.5, 0.6) is 0 Å². The predicted molar refractivity (Wildman–Crippen MR) is 117 cm³/mol. The smallest absolute Gasteiger partial charge is 0.225 e. The van der Waals surface area contributed by atoms with E-state index in [0.29, 0.717) is 29.1 Å². The largest absolute Gasteiger partial charge is 0.326 e. The second-order valence-corrected chi connectivity index (χ2v) is 10.5. The number of fused-ring (bicyclic) bond motifs is 1. The Morgan fingerprint density at radius 2 is 1.87 bits per heavy atom. The Labute approximate surface area is 179 Å². The van der Waals surface area contributed by atoms with Crippen LogP contribution in [0.4, 0.5) is 11.4 Å². The number of nitrogens with one attached hydrogen (secondary N) is 2. The first-order valence-corrected chi connectivity index (χ1v) is 11.9. The lowest BCUT2D eigenvalue weighted by Crippen LogP contribution is -2.25. The molecule has 0 bridgehead atoms. The molecule has 0 aliphatic carbocycles. The average molecular weight is 447 g/mol. The van der Waals surface area contributed by atoms with Crippen LogP contribution in [-0.4, -0.2) is 37.0 Å². The predicted octanol–water partition coefficient (Wildman–Crippen LogP) is 3.51. The van der Waals surface area contributed by atoms with Gasteiger partial charge in [0, 0.05) is 34.7 Å². The molecular weight excluding hydrogens is 424 g/mol. The molecule has 158 valence electrons. The third-order valence-corrected chi connectivity index (χ3v) is 7.93. The summed E-state index contributed by atoms with van der Waals surface area (Å²) in [5.74, 6) is -0.0447. The number of hydrogen-bond acceptors (Lipinski definition) is 6. The van der Waals surface area contributed by atoms with E-state index in [1.165, 1.54) is 37.7 Å². The summed E-state index contributed by atoms with van der Waals surface area (Å²) in [6.07, 6.45) is 0.139. The van der Waals surface area contributed by atoms with E-state index in [2.05, 4.69) is 10.6 Å². The quantitative estimate of drug-likeness (QED) is 0.657. The van der Waals surface area contributed by atoms with Crippen LogP contribution in [0.15, 0.2) is 52.3 Å². The lowest BCUT2D eigenvalue weighted by Gasteiger charge is -2.15. The van der Waals surface area contributed by atoms with E-state index < -0.39 is 21.0 Å². The average Bonchev–Trinajstić information content (AvgIpc) is 2.88. The van der Waals surface area contributed by atoms with Gasteiger partial charge in [0.25, 0.3) is 0 Å². The Morgan fingerprint density at radius 1 is 1.17 bits per heavy atom. The van der Waals surface area contributed by atoms with Gasteiger partial charge in [-0.25, -0.2) is 8.42 Å². The number of ketones is 1. The zero-order valence-corrected chi connectivity index (χ0v) is 18.2. The van der Waals surface area contributed by atoms with Gasteiger partial charge in [0.05, 0.1) is 15.8 Å². The molecule has 2 aromatic rings. The maximum atomic E-state index is 13.0. The van der Waals surface area contributed by atoms with E-state index in [9.17, 15) is 22.8 Å². The van der Waals surface area contributed by atoms with Crippen LogP contribution >= 0.6 is 11.8 Å². The van der Waals surface area contributed by atoms with E-state index in [1.54, 1.807) is 30.3 Å². The third kappa shape index (κ3) is 5.09. The number of hydrogen-bond donors (Lipinski definition) is 2. The zero-order chi connectivity index (χ0) is 21.9. The number of sulfone groups is 1. The summed E-state index contributed by atoms with van der Waals surface area (Å²) in [5, 5.41) is 4.43. The Hall–Kier alpha value is -2.65. The van der Waals surface area contributed by atoms with E-state index in [4.69, 9.17) is 0 Å². The fraction of sp³-hybridized carbons (Fsp3) is 0.286. The monoisotopic (exact) mass is 446 g/mol. The van der Waals surface area contributed by atoms with E-state index in [0.717, 1.165) is 4.90 Å². The molecule has 2 aromatic carbocycles. The highest BCUT2D eigenvalue weighted by Crippen LogP contribution is 2.33. The van der Waals surface area contributed by atoms with Crippen LogP contribution in [0.25, 0.3) is 0 Å². The molecular formula is C21H22N2O5S2. The number of benzene rings is 2. The molecule has 0 spiro atoms. The third-order valence-electron chi connectivity index (χ3n) is 4.72. The molecule has 0 aromatic heterocycles. The highest BCUT2D eigenvalue weighted by atomic mass is 32.2. The lowest BCUT2D eigenvalue weighted by atomic mass is 10.1. The van der Waals surface area contributed by atoms with Gasteiger partial charge < -0.3 is 10.6 Å². The van der Waals surface area contributed by atoms with Gasteiger partial charge >= 0.3 is 0 Å². The van der Waals surface area contributed by atoms with Crippen molar-refractivity contribution in [1.29, 1.82) is 0 Å². The van der Waals surface area contributed by atoms with Crippen molar-refractivity contribution in [3.63, 3.8) is 0 Å². The summed E-state index contributed by atoms with van der Waals surface area (Å²) in [4.78, 5) is 36.3. The van der Waals surface area contributed by atoms with Gasteiger partial charge in [0.2, 0.25) is 11.8 Å². The van der Waals surface area contributed by atoms with Gasteiger partial charge in [-0.1, -0.05) is 0 Å². The van der Waals surface area contributed by atoms with Crippen molar-refractivity contribution in [3.05, 3.63) is 48.0 Å². The minimum absolute atomic E-state index is 0.0650. The van der Waals surface area contributed by atoms with Crippen LogP contribution in [0.2, 0.25) is 0 Å². The van der Waals surface area contributed by atoms with Crippen LogP contribution in [-0.2, 0) is 19.4 Å². The summed E-state index contributed by atoms with van der Waals surface area (Å²) in [5.41, 5.74) is 1.49. The van der Waals surface area contributed by atoms with Crippen molar-refractivity contribution in [2.75, 3.05) is 16.4 Å². The Balaban J connectivity index is 1.71. The summed E-state index contributed by atoms with van der Waals surface area (Å²) in [6.45, 7) is 2.93. The van der Waals surface area contributed by atoms with Crippen LogP contribution in [0.3, 0.4) is 0 Å². The molecule has 1 aliphatic heterocycles. The molecule has 1 aliphatic rings. The maximum Gasteiger partial charge on any atom is 0.225 e. The standard InChI is InChI=1S/C21H22N2O5S2/c1-13(11-21(26)22-16-5-3-15(4-6-16)14(2)24)30(27,28)17-7-8-19-18(12-17)23-20(25)9-10-29-19/h3-8,12-13H,9-11H2,1-2H3,(H,22,26)(H,23,25). The zero-order valence-electron chi connectivity index (χ0n) is 16.6. The topological polar surface area (TPSA) is 109 Å². The number of thioether (sulfide) groups is 1. The highest BCUT2D eigenvalue weighted by molar-refractivity contribution is 7.99. The molecule has 1 atom stereocenters. The fourth-order valence-corrected chi connectivity index (χ4v) is 5.29. The first-order valence-electron chi connectivity index (χ1n) is 9.38.